The van der Waals surface area contributed by atoms with Crippen LogP contribution in [-0.4, -0.2) is 36.1 Å². The summed E-state index contributed by atoms with van der Waals surface area (Å²) in [6.07, 6.45) is 1.82. The topological polar surface area (TPSA) is 41.1 Å². The van der Waals surface area contributed by atoms with E-state index in [2.05, 4.69) is 20.2 Å². The fourth-order valence-corrected chi connectivity index (χ4v) is 1.45. The summed E-state index contributed by atoms with van der Waals surface area (Å²) >= 11 is 0. The zero-order valence-electron chi connectivity index (χ0n) is 8.64. The Bertz CT molecular complexity index is 289. The van der Waals surface area contributed by atoms with E-state index in [9.17, 15) is 0 Å². The van der Waals surface area contributed by atoms with Crippen molar-refractivity contribution in [2.24, 2.45) is 0 Å². The average molecular weight is 251 g/mol. The Morgan fingerprint density at radius 1 is 1.27 bits per heavy atom. The number of halogens is 2. The molecule has 0 aromatic carbocycles. The molecule has 4 nitrogen and oxygen atoms in total. The molecule has 1 fully saturated rings. The van der Waals surface area contributed by atoms with Gasteiger partial charge in [-0.15, -0.1) is 24.8 Å². The first kappa shape index (κ1) is 14.4. The number of anilines is 1. The van der Waals surface area contributed by atoms with E-state index in [1.54, 1.807) is 0 Å². The summed E-state index contributed by atoms with van der Waals surface area (Å²) in [7, 11) is 0. The van der Waals surface area contributed by atoms with Crippen molar-refractivity contribution in [2.45, 2.75) is 6.92 Å². The molecule has 0 saturated carbocycles. The predicted molar refractivity (Wildman–Crippen MR) is 66.3 cm³/mol. The molecule has 2 heterocycles. The van der Waals surface area contributed by atoms with E-state index >= 15 is 0 Å². The molecule has 0 radical (unpaired) electrons. The molecule has 15 heavy (non-hydrogen) atoms. The Labute approximate surface area is 102 Å². The first-order chi connectivity index (χ1) is 6.36. The van der Waals surface area contributed by atoms with Crippen LogP contribution < -0.4 is 10.2 Å². The second-order valence-electron chi connectivity index (χ2n) is 3.24. The third-order valence-electron chi connectivity index (χ3n) is 2.18. The molecule has 0 unspecified atom stereocenters. The normalized spacial score (nSPS) is 15.1. The van der Waals surface area contributed by atoms with Gasteiger partial charge in [-0.25, -0.2) is 9.97 Å². The first-order valence-electron chi connectivity index (χ1n) is 4.61. The number of nitrogens with one attached hydrogen (secondary N) is 1. The first-order valence-corrected chi connectivity index (χ1v) is 4.61. The zero-order valence-corrected chi connectivity index (χ0v) is 10.3. The van der Waals surface area contributed by atoms with E-state index in [4.69, 9.17) is 0 Å². The van der Waals surface area contributed by atoms with Crippen LogP contribution >= 0.6 is 24.8 Å². The van der Waals surface area contributed by atoms with Crippen molar-refractivity contribution >= 4 is 30.8 Å². The maximum Gasteiger partial charge on any atom is 0.225 e. The largest absolute Gasteiger partial charge is 0.338 e. The number of aromatic nitrogens is 2. The molecule has 1 aliphatic rings. The van der Waals surface area contributed by atoms with Crippen LogP contribution in [0.25, 0.3) is 0 Å². The molecule has 2 rings (SSSR count). The summed E-state index contributed by atoms with van der Waals surface area (Å²) in [4.78, 5) is 10.8. The van der Waals surface area contributed by atoms with Gasteiger partial charge in [0, 0.05) is 38.1 Å². The van der Waals surface area contributed by atoms with Crippen LogP contribution in [0.1, 0.15) is 5.69 Å². The fourth-order valence-electron chi connectivity index (χ4n) is 1.45. The molecule has 0 amide bonds. The van der Waals surface area contributed by atoms with Crippen LogP contribution in [0, 0.1) is 6.92 Å². The molecule has 1 saturated heterocycles. The third-order valence-corrected chi connectivity index (χ3v) is 2.18. The van der Waals surface area contributed by atoms with Crippen molar-refractivity contribution in [2.75, 3.05) is 31.1 Å². The summed E-state index contributed by atoms with van der Waals surface area (Å²) < 4.78 is 0. The third kappa shape index (κ3) is 3.81. The van der Waals surface area contributed by atoms with Gasteiger partial charge in [-0.1, -0.05) is 0 Å². The second-order valence-corrected chi connectivity index (χ2v) is 3.24. The monoisotopic (exact) mass is 250 g/mol. The lowest BCUT2D eigenvalue weighted by atomic mass is 10.4. The highest BCUT2D eigenvalue weighted by molar-refractivity contribution is 5.85. The maximum absolute atomic E-state index is 4.38. The summed E-state index contributed by atoms with van der Waals surface area (Å²) in [5.74, 6) is 0.863. The van der Waals surface area contributed by atoms with Gasteiger partial charge >= 0.3 is 0 Å². The Kier molecular flexibility index (Phi) is 6.56. The predicted octanol–water partition coefficient (Wildman–Crippen LogP) is 1.04. The Hall–Kier alpha value is -0.580. The van der Waals surface area contributed by atoms with Crippen LogP contribution in [-0.2, 0) is 0 Å². The van der Waals surface area contributed by atoms with E-state index in [-0.39, 0.29) is 24.8 Å². The lowest BCUT2D eigenvalue weighted by Crippen LogP contribution is -2.44. The minimum Gasteiger partial charge on any atom is -0.338 e. The minimum atomic E-state index is 0. The zero-order chi connectivity index (χ0) is 9.10. The molecular formula is C9H16Cl2N4. The van der Waals surface area contributed by atoms with Gasteiger partial charge in [0.15, 0.2) is 0 Å². The summed E-state index contributed by atoms with van der Waals surface area (Å²) in [5.41, 5.74) is 1.03. The van der Waals surface area contributed by atoms with Crippen molar-refractivity contribution in [3.05, 3.63) is 18.0 Å². The summed E-state index contributed by atoms with van der Waals surface area (Å²) in [6, 6.07) is 1.92. The van der Waals surface area contributed by atoms with Crippen LogP contribution in [0.2, 0.25) is 0 Å². The highest BCUT2D eigenvalue weighted by atomic mass is 35.5. The van der Waals surface area contributed by atoms with Crippen molar-refractivity contribution in [3.8, 4) is 0 Å². The molecule has 1 aromatic rings. The molecule has 0 atom stereocenters. The Balaban J connectivity index is 0.000000980. The van der Waals surface area contributed by atoms with Gasteiger partial charge in [0.1, 0.15) is 0 Å². The molecule has 86 valence electrons. The number of hydrogen-bond donors (Lipinski definition) is 1. The van der Waals surface area contributed by atoms with Crippen molar-refractivity contribution in [1.82, 2.24) is 15.3 Å². The van der Waals surface area contributed by atoms with Crippen molar-refractivity contribution in [3.63, 3.8) is 0 Å². The number of nitrogens with zero attached hydrogens (tertiary/aromatic N) is 3. The molecular weight excluding hydrogens is 235 g/mol. The van der Waals surface area contributed by atoms with Crippen molar-refractivity contribution in [1.29, 1.82) is 0 Å². The van der Waals surface area contributed by atoms with E-state index in [1.807, 2.05) is 19.2 Å². The second kappa shape index (κ2) is 6.82. The quantitative estimate of drug-likeness (QED) is 0.809. The Morgan fingerprint density at radius 3 is 2.53 bits per heavy atom. The van der Waals surface area contributed by atoms with Gasteiger partial charge in [0.2, 0.25) is 5.95 Å². The number of hydrogen-bond acceptors (Lipinski definition) is 4. The standard InChI is InChI=1S/C9H14N4.2ClH/c1-8-2-3-11-9(12-8)13-6-4-10-5-7-13;;/h2-3,10H,4-7H2,1H3;2*1H. The van der Waals surface area contributed by atoms with Gasteiger partial charge in [-0.2, -0.15) is 0 Å². The van der Waals surface area contributed by atoms with Gasteiger partial charge in [0.05, 0.1) is 0 Å². The molecule has 1 aromatic heterocycles. The van der Waals surface area contributed by atoms with Gasteiger partial charge < -0.3 is 10.2 Å². The van der Waals surface area contributed by atoms with Gasteiger partial charge in [-0.05, 0) is 13.0 Å². The van der Waals surface area contributed by atoms with E-state index in [1.165, 1.54) is 0 Å². The maximum atomic E-state index is 4.38. The minimum absolute atomic E-state index is 0. The molecule has 6 heteroatoms. The highest BCUT2D eigenvalue weighted by Crippen LogP contribution is 2.07. The average Bonchev–Trinajstić information content (AvgIpc) is 2.19. The van der Waals surface area contributed by atoms with Crippen LogP contribution in [0.15, 0.2) is 12.3 Å². The molecule has 0 spiro atoms. The summed E-state index contributed by atoms with van der Waals surface area (Å²) in [6.45, 7) is 6.05. The van der Waals surface area contributed by atoms with E-state index < -0.39 is 0 Å². The molecule has 1 N–H and O–H groups in total. The summed E-state index contributed by atoms with van der Waals surface area (Å²) in [5, 5.41) is 3.30. The fraction of sp³-hybridized carbons (Fsp3) is 0.556. The smallest absolute Gasteiger partial charge is 0.225 e. The van der Waals surface area contributed by atoms with Gasteiger partial charge in [0.25, 0.3) is 0 Å². The number of aryl methyl sites for hydroxylation is 1. The van der Waals surface area contributed by atoms with Gasteiger partial charge in [-0.3, -0.25) is 0 Å². The molecule has 0 aliphatic carbocycles. The Morgan fingerprint density at radius 2 is 1.93 bits per heavy atom. The number of piperazine rings is 1. The highest BCUT2D eigenvalue weighted by Gasteiger charge is 2.11. The lowest BCUT2D eigenvalue weighted by molar-refractivity contribution is 0.579. The SMILES string of the molecule is Cc1ccnc(N2CCNCC2)n1.Cl.Cl. The molecule has 1 aliphatic heterocycles. The lowest BCUT2D eigenvalue weighted by Gasteiger charge is -2.27. The van der Waals surface area contributed by atoms with E-state index in [0.717, 1.165) is 37.8 Å². The van der Waals surface area contributed by atoms with Crippen LogP contribution in [0.3, 0.4) is 0 Å². The molecule has 0 bridgehead atoms. The van der Waals surface area contributed by atoms with Crippen LogP contribution in [0.4, 0.5) is 5.95 Å². The van der Waals surface area contributed by atoms with Crippen molar-refractivity contribution < 1.29 is 0 Å². The van der Waals surface area contributed by atoms with Crippen LogP contribution in [0.5, 0.6) is 0 Å². The van der Waals surface area contributed by atoms with E-state index in [0.29, 0.717) is 0 Å². The number of rotatable bonds is 1.